The first-order valence-corrected chi connectivity index (χ1v) is 9.73. The Balaban J connectivity index is 1.99. The molecule has 1 unspecified atom stereocenters. The highest BCUT2D eigenvalue weighted by atomic mass is 16.6. The number of aromatic nitrogens is 1. The molecule has 2 heterocycles. The van der Waals surface area contributed by atoms with Crippen molar-refractivity contribution in [2.75, 3.05) is 19.7 Å². The summed E-state index contributed by atoms with van der Waals surface area (Å²) in [6.45, 7) is 12.9. The predicted molar refractivity (Wildman–Crippen MR) is 100 cm³/mol. The van der Waals surface area contributed by atoms with Gasteiger partial charge in [0, 0.05) is 25.1 Å². The fraction of sp³-hybridized carbons (Fsp3) is 0.750. The van der Waals surface area contributed by atoms with Crippen molar-refractivity contribution in [1.82, 2.24) is 10.1 Å². The van der Waals surface area contributed by atoms with Gasteiger partial charge < -0.3 is 18.9 Å². The zero-order valence-electron chi connectivity index (χ0n) is 17.3. The standard InChI is InChI=1S/C20H32N2O5/c1-7-25-18(23)17(13(2)3)15-12-16(27-21-15)14-8-10-22(11-9-14)19(24)26-20(4,5)6/h12-14,17H,7-11H2,1-6H3. The summed E-state index contributed by atoms with van der Waals surface area (Å²) in [6.07, 6.45) is 1.28. The topological polar surface area (TPSA) is 81.9 Å². The number of piperidine rings is 1. The monoisotopic (exact) mass is 380 g/mol. The lowest BCUT2D eigenvalue weighted by Crippen LogP contribution is -2.41. The van der Waals surface area contributed by atoms with Gasteiger partial charge in [0.05, 0.1) is 12.3 Å². The second kappa shape index (κ2) is 8.76. The first-order valence-electron chi connectivity index (χ1n) is 9.73. The second-order valence-electron chi connectivity index (χ2n) is 8.37. The molecule has 2 rings (SSSR count). The minimum Gasteiger partial charge on any atom is -0.465 e. The van der Waals surface area contributed by atoms with Crippen LogP contribution in [0, 0.1) is 5.92 Å². The minimum atomic E-state index is -0.493. The summed E-state index contributed by atoms with van der Waals surface area (Å²) in [5.41, 5.74) is 0.125. The Morgan fingerprint density at radius 3 is 2.44 bits per heavy atom. The van der Waals surface area contributed by atoms with Crippen LogP contribution in [0.15, 0.2) is 10.6 Å². The first-order chi connectivity index (χ1) is 12.6. The molecule has 1 atom stereocenters. The van der Waals surface area contributed by atoms with Gasteiger partial charge in [0.25, 0.3) is 0 Å². The van der Waals surface area contributed by atoms with Crippen LogP contribution in [0.25, 0.3) is 0 Å². The SMILES string of the molecule is CCOC(=O)C(c1cc(C2CCN(C(=O)OC(C)(C)C)CC2)on1)C(C)C. The lowest BCUT2D eigenvalue weighted by atomic mass is 9.90. The second-order valence-corrected chi connectivity index (χ2v) is 8.37. The number of esters is 1. The Hall–Kier alpha value is -2.05. The van der Waals surface area contributed by atoms with E-state index in [1.165, 1.54) is 0 Å². The predicted octanol–water partition coefficient (Wildman–Crippen LogP) is 4.09. The molecule has 0 aliphatic carbocycles. The Kier molecular flexibility index (Phi) is 6.89. The van der Waals surface area contributed by atoms with Crippen LogP contribution in [0.2, 0.25) is 0 Å². The van der Waals surface area contributed by atoms with Crippen molar-refractivity contribution in [2.24, 2.45) is 5.92 Å². The van der Waals surface area contributed by atoms with E-state index in [2.05, 4.69) is 5.16 Å². The molecule has 1 aliphatic rings. The molecule has 152 valence electrons. The molecule has 1 aromatic heterocycles. The van der Waals surface area contributed by atoms with Crippen LogP contribution in [0.3, 0.4) is 0 Å². The lowest BCUT2D eigenvalue weighted by molar-refractivity contribution is -0.146. The van der Waals surface area contributed by atoms with E-state index in [1.807, 2.05) is 40.7 Å². The van der Waals surface area contributed by atoms with Gasteiger partial charge in [0.1, 0.15) is 17.3 Å². The van der Waals surface area contributed by atoms with Crippen LogP contribution < -0.4 is 0 Å². The summed E-state index contributed by atoms with van der Waals surface area (Å²) in [5, 5.41) is 4.14. The van der Waals surface area contributed by atoms with Gasteiger partial charge >= 0.3 is 12.1 Å². The van der Waals surface area contributed by atoms with Crippen molar-refractivity contribution >= 4 is 12.1 Å². The summed E-state index contributed by atoms with van der Waals surface area (Å²) < 4.78 is 16.2. The van der Waals surface area contributed by atoms with Crippen LogP contribution in [0.1, 0.15) is 77.7 Å². The highest BCUT2D eigenvalue weighted by Gasteiger charge is 2.32. The van der Waals surface area contributed by atoms with E-state index in [9.17, 15) is 9.59 Å². The average Bonchev–Trinajstić information content (AvgIpc) is 3.03. The fourth-order valence-corrected chi connectivity index (χ4v) is 3.28. The number of nitrogens with zero attached hydrogens (tertiary/aromatic N) is 2. The molecule has 0 radical (unpaired) electrons. The maximum Gasteiger partial charge on any atom is 0.410 e. The third-order valence-electron chi connectivity index (χ3n) is 4.62. The Bertz CT molecular complexity index is 639. The third kappa shape index (κ3) is 5.71. The molecule has 0 saturated carbocycles. The van der Waals surface area contributed by atoms with Gasteiger partial charge in [-0.25, -0.2) is 4.79 Å². The number of amides is 1. The summed E-state index contributed by atoms with van der Waals surface area (Å²) in [6, 6.07) is 1.87. The van der Waals surface area contributed by atoms with Gasteiger partial charge in [-0.15, -0.1) is 0 Å². The molecule has 1 amide bonds. The normalized spacial score (nSPS) is 17.1. The summed E-state index contributed by atoms with van der Waals surface area (Å²) in [7, 11) is 0. The zero-order valence-corrected chi connectivity index (χ0v) is 17.3. The Morgan fingerprint density at radius 2 is 1.93 bits per heavy atom. The number of likely N-dealkylation sites (tertiary alicyclic amines) is 1. The molecular weight excluding hydrogens is 348 g/mol. The van der Waals surface area contributed by atoms with Crippen molar-refractivity contribution in [2.45, 2.75) is 71.8 Å². The van der Waals surface area contributed by atoms with Gasteiger partial charge in [-0.3, -0.25) is 4.79 Å². The summed E-state index contributed by atoms with van der Waals surface area (Å²) in [5.74, 6) is 0.316. The van der Waals surface area contributed by atoms with E-state index in [0.717, 1.165) is 18.6 Å². The van der Waals surface area contributed by atoms with E-state index in [-0.39, 0.29) is 23.9 Å². The highest BCUT2D eigenvalue weighted by molar-refractivity contribution is 5.77. The van der Waals surface area contributed by atoms with Crippen LogP contribution in [0.5, 0.6) is 0 Å². The van der Waals surface area contributed by atoms with Crippen LogP contribution in [-0.2, 0) is 14.3 Å². The molecule has 0 aromatic carbocycles. The third-order valence-corrected chi connectivity index (χ3v) is 4.62. The largest absolute Gasteiger partial charge is 0.465 e. The van der Waals surface area contributed by atoms with Crippen molar-refractivity contribution in [3.8, 4) is 0 Å². The Labute approximate surface area is 161 Å². The molecule has 1 fully saturated rings. The highest BCUT2D eigenvalue weighted by Crippen LogP contribution is 2.32. The molecule has 0 N–H and O–H groups in total. The fourth-order valence-electron chi connectivity index (χ4n) is 3.28. The first kappa shape index (κ1) is 21.3. The number of ether oxygens (including phenoxy) is 2. The molecular formula is C20H32N2O5. The van der Waals surface area contributed by atoms with Crippen LogP contribution in [0.4, 0.5) is 4.79 Å². The van der Waals surface area contributed by atoms with Crippen molar-refractivity contribution < 1.29 is 23.6 Å². The molecule has 7 heteroatoms. The summed E-state index contributed by atoms with van der Waals surface area (Å²) >= 11 is 0. The van der Waals surface area contributed by atoms with Crippen molar-refractivity contribution in [3.63, 3.8) is 0 Å². The van der Waals surface area contributed by atoms with Crippen LogP contribution in [-0.4, -0.2) is 47.4 Å². The minimum absolute atomic E-state index is 0.0658. The number of carbonyl (C=O) groups is 2. The molecule has 0 spiro atoms. The van der Waals surface area contributed by atoms with Gasteiger partial charge in [-0.1, -0.05) is 19.0 Å². The van der Waals surface area contributed by atoms with Gasteiger partial charge in [-0.2, -0.15) is 0 Å². The number of hydrogen-bond acceptors (Lipinski definition) is 6. The van der Waals surface area contributed by atoms with E-state index in [4.69, 9.17) is 14.0 Å². The Morgan fingerprint density at radius 1 is 1.30 bits per heavy atom. The molecule has 7 nitrogen and oxygen atoms in total. The molecule has 1 saturated heterocycles. The van der Waals surface area contributed by atoms with E-state index >= 15 is 0 Å². The number of carbonyl (C=O) groups excluding carboxylic acids is 2. The van der Waals surface area contributed by atoms with E-state index < -0.39 is 11.5 Å². The van der Waals surface area contributed by atoms with Crippen LogP contribution >= 0.6 is 0 Å². The number of rotatable bonds is 5. The smallest absolute Gasteiger partial charge is 0.410 e. The lowest BCUT2D eigenvalue weighted by Gasteiger charge is -2.32. The van der Waals surface area contributed by atoms with Gasteiger partial charge in [0.15, 0.2) is 0 Å². The van der Waals surface area contributed by atoms with Gasteiger partial charge in [-0.05, 0) is 46.5 Å². The van der Waals surface area contributed by atoms with Crippen molar-refractivity contribution in [1.29, 1.82) is 0 Å². The quantitative estimate of drug-likeness (QED) is 0.716. The van der Waals surface area contributed by atoms with Gasteiger partial charge in [0.2, 0.25) is 0 Å². The maximum absolute atomic E-state index is 12.2. The molecule has 1 aliphatic heterocycles. The van der Waals surface area contributed by atoms with E-state index in [0.29, 0.717) is 25.4 Å². The van der Waals surface area contributed by atoms with E-state index in [1.54, 1.807) is 11.8 Å². The summed E-state index contributed by atoms with van der Waals surface area (Å²) in [4.78, 5) is 26.1. The molecule has 0 bridgehead atoms. The molecule has 27 heavy (non-hydrogen) atoms. The number of hydrogen-bond donors (Lipinski definition) is 0. The average molecular weight is 380 g/mol. The zero-order chi connectivity index (χ0) is 20.2. The molecule has 1 aromatic rings. The van der Waals surface area contributed by atoms with Crippen molar-refractivity contribution in [3.05, 3.63) is 17.5 Å². The maximum atomic E-state index is 12.2.